The summed E-state index contributed by atoms with van der Waals surface area (Å²) in [7, 11) is 1.40. The van der Waals surface area contributed by atoms with Gasteiger partial charge in [-0.2, -0.15) is 0 Å². The number of aliphatic hydroxyl groups excluding tert-OH is 3. The zero-order chi connectivity index (χ0) is 21.9. The summed E-state index contributed by atoms with van der Waals surface area (Å²) < 4.78 is 4.63. The van der Waals surface area contributed by atoms with Crippen LogP contribution in [0, 0.1) is 23.7 Å². The van der Waals surface area contributed by atoms with E-state index < -0.39 is 18.3 Å². The number of aliphatic hydroxyl groups is 3. The molecule has 0 aromatic rings. The summed E-state index contributed by atoms with van der Waals surface area (Å²) in [6.45, 7) is 2.11. The van der Waals surface area contributed by atoms with E-state index in [9.17, 15) is 20.1 Å². The maximum atomic E-state index is 11.1. The summed E-state index contributed by atoms with van der Waals surface area (Å²) in [5.41, 5.74) is 0. The molecule has 5 heteroatoms. The van der Waals surface area contributed by atoms with Crippen molar-refractivity contribution in [3.8, 4) is 0 Å². The molecule has 3 N–H and O–H groups in total. The first-order valence-corrected chi connectivity index (χ1v) is 11.9. The lowest BCUT2D eigenvalue weighted by Crippen LogP contribution is -2.23. The summed E-state index contributed by atoms with van der Waals surface area (Å²) >= 11 is 0. The molecule has 5 nitrogen and oxygen atoms in total. The van der Waals surface area contributed by atoms with Crippen LogP contribution in [0.5, 0.6) is 0 Å². The quantitative estimate of drug-likeness (QED) is 0.264. The third-order valence-corrected chi connectivity index (χ3v) is 7.01. The van der Waals surface area contributed by atoms with Crippen molar-refractivity contribution < 1.29 is 24.9 Å². The number of unbranched alkanes of at least 4 members (excludes halogenated alkanes) is 1. The maximum Gasteiger partial charge on any atom is 0.305 e. The van der Waals surface area contributed by atoms with Gasteiger partial charge in [-0.25, -0.2) is 0 Å². The van der Waals surface area contributed by atoms with E-state index in [1.807, 2.05) is 24.3 Å². The number of ether oxygens (including phenoxy) is 1. The molecule has 0 heterocycles. The first kappa shape index (κ1) is 25.1. The fourth-order valence-corrected chi connectivity index (χ4v) is 5.06. The van der Waals surface area contributed by atoms with Crippen LogP contribution in [-0.2, 0) is 9.53 Å². The Kier molecular flexibility index (Phi) is 11.1. The number of esters is 1. The predicted molar refractivity (Wildman–Crippen MR) is 119 cm³/mol. The molecule has 2 rings (SSSR count). The second kappa shape index (κ2) is 13.3. The zero-order valence-corrected chi connectivity index (χ0v) is 18.8. The van der Waals surface area contributed by atoms with Crippen LogP contribution in [-0.4, -0.2) is 46.7 Å². The number of hydrogen-bond donors (Lipinski definition) is 3. The van der Waals surface area contributed by atoms with E-state index in [-0.39, 0.29) is 23.7 Å². The first-order valence-electron chi connectivity index (χ1n) is 11.9. The van der Waals surface area contributed by atoms with E-state index in [1.54, 1.807) is 0 Å². The van der Waals surface area contributed by atoms with Gasteiger partial charge in [0, 0.05) is 18.8 Å². The van der Waals surface area contributed by atoms with Crippen molar-refractivity contribution in [2.75, 3.05) is 7.11 Å². The Balaban J connectivity index is 1.81. The van der Waals surface area contributed by atoms with E-state index in [0.717, 1.165) is 25.2 Å². The summed E-state index contributed by atoms with van der Waals surface area (Å²) in [4.78, 5) is 11.1. The molecule has 0 saturated heterocycles. The van der Waals surface area contributed by atoms with Gasteiger partial charge in [-0.3, -0.25) is 4.79 Å². The van der Waals surface area contributed by atoms with Gasteiger partial charge in [0.2, 0.25) is 0 Å². The van der Waals surface area contributed by atoms with Crippen molar-refractivity contribution in [2.24, 2.45) is 23.7 Å². The maximum absolute atomic E-state index is 11.1. The van der Waals surface area contributed by atoms with Crippen LogP contribution < -0.4 is 0 Å². The Morgan fingerprint density at radius 2 is 1.87 bits per heavy atom. The van der Waals surface area contributed by atoms with Crippen molar-refractivity contribution >= 4 is 5.97 Å². The second-order valence-corrected chi connectivity index (χ2v) is 9.38. The highest BCUT2D eigenvalue weighted by molar-refractivity contribution is 5.69. The molecular formula is C25H42O5. The van der Waals surface area contributed by atoms with Gasteiger partial charge in [-0.1, -0.05) is 63.3 Å². The van der Waals surface area contributed by atoms with E-state index in [2.05, 4.69) is 11.7 Å². The van der Waals surface area contributed by atoms with Gasteiger partial charge in [0.25, 0.3) is 0 Å². The van der Waals surface area contributed by atoms with Crippen LogP contribution in [0.4, 0.5) is 0 Å². The van der Waals surface area contributed by atoms with Gasteiger partial charge in [0.1, 0.15) is 0 Å². The number of carbonyl (C=O) groups is 1. The Morgan fingerprint density at radius 3 is 2.57 bits per heavy atom. The molecule has 0 radical (unpaired) electrons. The van der Waals surface area contributed by atoms with Crippen LogP contribution in [0.1, 0.15) is 77.6 Å². The van der Waals surface area contributed by atoms with Gasteiger partial charge < -0.3 is 20.1 Å². The summed E-state index contributed by atoms with van der Waals surface area (Å²) in [5.74, 6) is 0.554. The topological polar surface area (TPSA) is 87.0 Å². The van der Waals surface area contributed by atoms with Gasteiger partial charge in [-0.05, 0) is 43.4 Å². The molecule has 30 heavy (non-hydrogen) atoms. The predicted octanol–water partition coefficient (Wildman–Crippen LogP) is 4.16. The van der Waals surface area contributed by atoms with E-state index in [4.69, 9.17) is 0 Å². The molecule has 0 bridgehead atoms. The third kappa shape index (κ3) is 8.16. The average molecular weight is 423 g/mol. The van der Waals surface area contributed by atoms with Crippen molar-refractivity contribution in [1.82, 2.24) is 0 Å². The number of hydrogen-bond acceptors (Lipinski definition) is 5. The Hall–Kier alpha value is -1.17. The minimum atomic E-state index is -0.574. The van der Waals surface area contributed by atoms with Gasteiger partial charge in [0.05, 0.1) is 25.4 Å². The molecule has 1 unspecified atom stereocenters. The molecule has 0 aliphatic heterocycles. The van der Waals surface area contributed by atoms with Crippen molar-refractivity contribution in [1.29, 1.82) is 0 Å². The number of allylic oxidation sites excluding steroid dienone is 2. The van der Waals surface area contributed by atoms with Crippen LogP contribution >= 0.6 is 0 Å². The van der Waals surface area contributed by atoms with Gasteiger partial charge in [0.15, 0.2) is 0 Å². The fraction of sp³-hybridized carbons (Fsp3) is 0.800. The van der Waals surface area contributed by atoms with Crippen molar-refractivity contribution in [3.63, 3.8) is 0 Å². The minimum absolute atomic E-state index is 0.0473. The normalized spacial score (nSPS) is 30.2. The molecule has 2 aliphatic carbocycles. The highest BCUT2D eigenvalue weighted by Crippen LogP contribution is 2.37. The zero-order valence-electron chi connectivity index (χ0n) is 18.8. The lowest BCUT2D eigenvalue weighted by atomic mass is 9.81. The molecule has 0 aromatic carbocycles. The van der Waals surface area contributed by atoms with Gasteiger partial charge >= 0.3 is 5.97 Å². The molecule has 172 valence electrons. The summed E-state index contributed by atoms with van der Waals surface area (Å²) in [6.07, 6.45) is 16.8. The van der Waals surface area contributed by atoms with Crippen LogP contribution in [0.25, 0.3) is 0 Å². The average Bonchev–Trinajstić information content (AvgIpc) is 3.01. The minimum Gasteiger partial charge on any atom is -0.469 e. The molecule has 6 atom stereocenters. The largest absolute Gasteiger partial charge is 0.469 e. The molecular weight excluding hydrogens is 380 g/mol. The molecule has 0 amide bonds. The molecule has 0 spiro atoms. The monoisotopic (exact) mass is 422 g/mol. The summed E-state index contributed by atoms with van der Waals surface area (Å²) in [6, 6.07) is 0. The third-order valence-electron chi connectivity index (χ3n) is 7.01. The number of methoxy groups -OCH3 is 1. The fourth-order valence-electron chi connectivity index (χ4n) is 5.06. The Bertz CT molecular complexity index is 552. The lowest BCUT2D eigenvalue weighted by molar-refractivity contribution is -0.140. The highest BCUT2D eigenvalue weighted by Gasteiger charge is 2.39. The molecule has 2 fully saturated rings. The highest BCUT2D eigenvalue weighted by atomic mass is 16.5. The number of rotatable bonds is 11. The summed E-state index contributed by atoms with van der Waals surface area (Å²) in [5, 5.41) is 31.4. The van der Waals surface area contributed by atoms with Crippen molar-refractivity contribution in [3.05, 3.63) is 24.3 Å². The van der Waals surface area contributed by atoms with E-state index in [0.29, 0.717) is 19.3 Å². The Morgan fingerprint density at radius 1 is 1.13 bits per heavy atom. The smallest absolute Gasteiger partial charge is 0.305 e. The van der Waals surface area contributed by atoms with Crippen LogP contribution in [0.15, 0.2) is 24.3 Å². The lowest BCUT2D eigenvalue weighted by Gasteiger charge is -2.26. The van der Waals surface area contributed by atoms with Crippen molar-refractivity contribution in [2.45, 2.75) is 95.9 Å². The van der Waals surface area contributed by atoms with E-state index >= 15 is 0 Å². The molecule has 2 saturated carbocycles. The Labute approximate surface area is 182 Å². The number of carbonyl (C=O) groups excluding carboxylic acids is 1. The molecule has 0 aromatic heterocycles. The first-order chi connectivity index (χ1) is 14.4. The van der Waals surface area contributed by atoms with Gasteiger partial charge in [-0.15, -0.1) is 0 Å². The van der Waals surface area contributed by atoms with Crippen LogP contribution in [0.2, 0.25) is 0 Å². The second-order valence-electron chi connectivity index (χ2n) is 9.38. The van der Waals surface area contributed by atoms with E-state index in [1.165, 1.54) is 39.2 Å². The standard InChI is InChI=1S/C25H42O5/c1-18(16-19-10-6-5-7-11-19)22(26)15-14-21-20(23(27)17-24(21)28)12-8-3-4-9-13-25(29)30-2/h3,8,14-15,18-24,26-28H,4-7,9-13,16-17H2,1-2H3/b8-3-,15-14+/t18?,20-,21-,22-,23+,24-/m1/s1. The van der Waals surface area contributed by atoms with Crippen LogP contribution in [0.3, 0.4) is 0 Å². The molecule has 2 aliphatic rings. The SMILES string of the molecule is COC(=O)CCC/C=C\C[C@@H]1[C@@H](/C=C/[C@@H](O)C(C)CC2CCCCC2)[C@H](O)C[C@@H]1O.